The lowest BCUT2D eigenvalue weighted by Gasteiger charge is -2.20. The van der Waals surface area contributed by atoms with Crippen LogP contribution in [-0.2, 0) is 20.8 Å². The molecule has 3 amide bonds. The Morgan fingerprint density at radius 3 is 2.76 bits per heavy atom. The topological polar surface area (TPSA) is 69.7 Å². The number of nitrogens with one attached hydrogen (secondary N) is 1. The highest BCUT2D eigenvalue weighted by atomic mass is 16.2. The Morgan fingerprint density at radius 2 is 2.00 bits per heavy atom. The van der Waals surface area contributed by atoms with Gasteiger partial charge in [0.15, 0.2) is 0 Å². The molecule has 0 aliphatic carbocycles. The van der Waals surface area contributed by atoms with Crippen LogP contribution in [0.15, 0.2) is 42.5 Å². The normalized spacial score (nSPS) is 18.1. The van der Waals surface area contributed by atoms with Gasteiger partial charge in [-0.05, 0) is 54.8 Å². The van der Waals surface area contributed by atoms with Gasteiger partial charge in [-0.1, -0.05) is 19.1 Å². The first-order valence-electron chi connectivity index (χ1n) is 10.1. The van der Waals surface area contributed by atoms with E-state index in [2.05, 4.69) is 5.32 Å². The van der Waals surface area contributed by atoms with Crippen molar-refractivity contribution in [1.29, 1.82) is 0 Å². The summed E-state index contributed by atoms with van der Waals surface area (Å²) in [7, 11) is 0. The van der Waals surface area contributed by atoms with Crippen LogP contribution in [0.1, 0.15) is 30.9 Å². The Morgan fingerprint density at radius 1 is 1.17 bits per heavy atom. The lowest BCUT2D eigenvalue weighted by molar-refractivity contribution is -0.122. The maximum atomic E-state index is 12.7. The third kappa shape index (κ3) is 3.75. The van der Waals surface area contributed by atoms with Crippen LogP contribution < -0.4 is 15.1 Å². The van der Waals surface area contributed by atoms with E-state index in [0.29, 0.717) is 19.5 Å². The number of hydrogen-bond donors (Lipinski definition) is 1. The van der Waals surface area contributed by atoms with Crippen molar-refractivity contribution in [3.63, 3.8) is 0 Å². The lowest BCUT2D eigenvalue weighted by Crippen LogP contribution is -2.28. The highest BCUT2D eigenvalue weighted by Crippen LogP contribution is 2.34. The van der Waals surface area contributed by atoms with Gasteiger partial charge in [-0.25, -0.2) is 0 Å². The van der Waals surface area contributed by atoms with Gasteiger partial charge in [0.25, 0.3) is 0 Å². The van der Waals surface area contributed by atoms with Crippen molar-refractivity contribution in [3.8, 4) is 0 Å². The fourth-order valence-corrected chi connectivity index (χ4v) is 4.11. The van der Waals surface area contributed by atoms with Crippen molar-refractivity contribution < 1.29 is 14.4 Å². The van der Waals surface area contributed by atoms with Crippen molar-refractivity contribution in [1.82, 2.24) is 0 Å². The molecule has 6 heteroatoms. The zero-order chi connectivity index (χ0) is 20.5. The minimum atomic E-state index is -0.380. The van der Waals surface area contributed by atoms with E-state index in [4.69, 9.17) is 0 Å². The van der Waals surface area contributed by atoms with E-state index in [0.717, 1.165) is 34.6 Å². The molecule has 0 unspecified atom stereocenters. The Kier molecular flexibility index (Phi) is 5.09. The Hall–Kier alpha value is -3.15. The summed E-state index contributed by atoms with van der Waals surface area (Å²) in [6.07, 6.45) is 1.47. The first-order chi connectivity index (χ1) is 14.0. The molecule has 0 spiro atoms. The summed E-state index contributed by atoms with van der Waals surface area (Å²) in [5, 5.41) is 2.92. The zero-order valence-electron chi connectivity index (χ0n) is 16.8. The molecule has 0 bridgehead atoms. The van der Waals surface area contributed by atoms with E-state index >= 15 is 0 Å². The van der Waals surface area contributed by atoms with Gasteiger partial charge in [-0.15, -0.1) is 0 Å². The lowest BCUT2D eigenvalue weighted by atomic mass is 10.1. The van der Waals surface area contributed by atoms with Gasteiger partial charge in [0.05, 0.1) is 5.92 Å². The van der Waals surface area contributed by atoms with Crippen molar-refractivity contribution in [2.24, 2.45) is 5.92 Å². The maximum Gasteiger partial charge on any atom is 0.229 e. The second kappa shape index (κ2) is 7.70. The van der Waals surface area contributed by atoms with Crippen LogP contribution in [0, 0.1) is 12.8 Å². The molecule has 2 aromatic rings. The van der Waals surface area contributed by atoms with Crippen LogP contribution in [0.25, 0.3) is 0 Å². The van der Waals surface area contributed by atoms with Gasteiger partial charge in [0.1, 0.15) is 0 Å². The van der Waals surface area contributed by atoms with Crippen molar-refractivity contribution in [2.75, 3.05) is 28.2 Å². The molecule has 1 fully saturated rings. The molecule has 2 aliphatic heterocycles. The summed E-state index contributed by atoms with van der Waals surface area (Å²) in [6, 6.07) is 13.4. The molecule has 150 valence electrons. The standard InChI is InChI=1S/C23H25N3O3/c1-3-21(27)25-10-9-16-12-19(7-8-20(16)25)26-14-17(13-22(26)28)23(29)24-18-6-4-5-15(2)11-18/h4-8,11-12,17H,3,9-10,13-14H2,1-2H3,(H,24,29)/t17-/m1/s1. The first-order valence-corrected chi connectivity index (χ1v) is 10.1. The number of hydrogen-bond acceptors (Lipinski definition) is 3. The molecule has 1 saturated heterocycles. The highest BCUT2D eigenvalue weighted by Gasteiger charge is 2.36. The number of rotatable bonds is 4. The fraction of sp³-hybridized carbons (Fsp3) is 0.348. The molecule has 29 heavy (non-hydrogen) atoms. The molecule has 0 radical (unpaired) electrons. The highest BCUT2D eigenvalue weighted by molar-refractivity contribution is 6.04. The van der Waals surface area contributed by atoms with Crippen LogP contribution in [-0.4, -0.2) is 30.8 Å². The van der Waals surface area contributed by atoms with E-state index in [1.165, 1.54) is 0 Å². The smallest absolute Gasteiger partial charge is 0.229 e. The van der Waals surface area contributed by atoms with Crippen molar-refractivity contribution >= 4 is 34.8 Å². The number of nitrogens with zero attached hydrogens (tertiary/aromatic N) is 2. The van der Waals surface area contributed by atoms with Crippen molar-refractivity contribution in [3.05, 3.63) is 53.6 Å². The summed E-state index contributed by atoms with van der Waals surface area (Å²) in [4.78, 5) is 40.8. The average Bonchev–Trinajstić information content (AvgIpc) is 3.30. The van der Waals surface area contributed by atoms with Gasteiger partial charge in [-0.2, -0.15) is 0 Å². The Balaban J connectivity index is 1.47. The third-order valence-corrected chi connectivity index (χ3v) is 5.66. The SMILES string of the molecule is CCC(=O)N1CCc2cc(N3C[C@H](C(=O)Nc4cccc(C)c4)CC3=O)ccc21. The predicted octanol–water partition coefficient (Wildman–Crippen LogP) is 3.29. The van der Waals surface area contributed by atoms with Gasteiger partial charge < -0.3 is 15.1 Å². The monoisotopic (exact) mass is 391 g/mol. The van der Waals surface area contributed by atoms with Crippen LogP contribution in [0.5, 0.6) is 0 Å². The molecule has 6 nitrogen and oxygen atoms in total. The molecular formula is C23H25N3O3. The maximum absolute atomic E-state index is 12.7. The van der Waals surface area contributed by atoms with Crippen LogP contribution >= 0.6 is 0 Å². The number of fused-ring (bicyclic) bond motifs is 1. The molecule has 2 heterocycles. The molecule has 0 saturated carbocycles. The fourth-order valence-electron chi connectivity index (χ4n) is 4.11. The zero-order valence-corrected chi connectivity index (χ0v) is 16.8. The molecule has 2 aromatic carbocycles. The molecule has 0 aromatic heterocycles. The number of aryl methyl sites for hydroxylation is 1. The molecule has 1 atom stereocenters. The van der Waals surface area contributed by atoms with Crippen LogP contribution in [0.3, 0.4) is 0 Å². The van der Waals surface area contributed by atoms with Crippen LogP contribution in [0.2, 0.25) is 0 Å². The van der Waals surface area contributed by atoms with Gasteiger partial charge in [-0.3, -0.25) is 14.4 Å². The summed E-state index contributed by atoms with van der Waals surface area (Å²) < 4.78 is 0. The molecular weight excluding hydrogens is 366 g/mol. The summed E-state index contributed by atoms with van der Waals surface area (Å²) in [5.74, 6) is -0.447. The van der Waals surface area contributed by atoms with E-state index < -0.39 is 0 Å². The van der Waals surface area contributed by atoms with E-state index in [9.17, 15) is 14.4 Å². The summed E-state index contributed by atoms with van der Waals surface area (Å²) in [6.45, 7) is 4.88. The van der Waals surface area contributed by atoms with Gasteiger partial charge in [0.2, 0.25) is 17.7 Å². The minimum absolute atomic E-state index is 0.0474. The number of amides is 3. The minimum Gasteiger partial charge on any atom is -0.326 e. The summed E-state index contributed by atoms with van der Waals surface area (Å²) >= 11 is 0. The predicted molar refractivity (Wildman–Crippen MR) is 113 cm³/mol. The molecule has 2 aliphatic rings. The Bertz CT molecular complexity index is 985. The van der Waals surface area contributed by atoms with Gasteiger partial charge >= 0.3 is 0 Å². The van der Waals surface area contributed by atoms with E-state index in [-0.39, 0.29) is 30.1 Å². The second-order valence-corrected chi connectivity index (χ2v) is 7.73. The van der Waals surface area contributed by atoms with E-state index in [1.54, 1.807) is 4.90 Å². The number of carbonyl (C=O) groups excluding carboxylic acids is 3. The summed E-state index contributed by atoms with van der Waals surface area (Å²) in [5.41, 5.74) is 4.62. The third-order valence-electron chi connectivity index (χ3n) is 5.66. The largest absolute Gasteiger partial charge is 0.326 e. The number of anilines is 3. The number of carbonyl (C=O) groups is 3. The first kappa shape index (κ1) is 19.2. The Labute approximate surface area is 170 Å². The van der Waals surface area contributed by atoms with Gasteiger partial charge in [0, 0.05) is 43.0 Å². The molecule has 4 rings (SSSR count). The second-order valence-electron chi connectivity index (χ2n) is 7.73. The van der Waals surface area contributed by atoms with Crippen LogP contribution in [0.4, 0.5) is 17.1 Å². The van der Waals surface area contributed by atoms with E-state index in [1.807, 2.05) is 61.2 Å². The average molecular weight is 391 g/mol. The van der Waals surface area contributed by atoms with Crippen molar-refractivity contribution in [2.45, 2.75) is 33.1 Å². The quantitative estimate of drug-likeness (QED) is 0.870. The number of benzene rings is 2. The molecule has 1 N–H and O–H groups in total.